The highest BCUT2D eigenvalue weighted by Gasteiger charge is 2.20. The third-order valence-corrected chi connectivity index (χ3v) is 4.54. The third kappa shape index (κ3) is 2.07. The van der Waals surface area contributed by atoms with Crippen LogP contribution in [0.3, 0.4) is 0 Å². The lowest BCUT2D eigenvalue weighted by atomic mass is 10.2. The maximum Gasteiger partial charge on any atom is 0.258 e. The number of H-pyrrole nitrogens is 1. The van der Waals surface area contributed by atoms with Gasteiger partial charge in [0.05, 0.1) is 16.2 Å². The number of halogens is 1. The fraction of sp³-hybridized carbons (Fsp3) is 0.333. The average Bonchev–Trinajstić information content (AvgIpc) is 2.83. The maximum atomic E-state index is 11.9. The molecule has 1 unspecified atom stereocenters. The van der Waals surface area contributed by atoms with E-state index in [2.05, 4.69) is 9.97 Å². The van der Waals surface area contributed by atoms with Gasteiger partial charge in [0.25, 0.3) is 5.56 Å². The van der Waals surface area contributed by atoms with Gasteiger partial charge < -0.3 is 4.98 Å². The Bertz CT molecular complexity index is 619. The molecule has 0 bridgehead atoms. The Morgan fingerprint density at radius 1 is 1.47 bits per heavy atom. The van der Waals surface area contributed by atoms with Crippen LogP contribution in [0.2, 0.25) is 5.02 Å². The first-order valence-electron chi connectivity index (χ1n) is 5.55. The van der Waals surface area contributed by atoms with Gasteiger partial charge in [0, 0.05) is 5.02 Å². The van der Waals surface area contributed by atoms with E-state index in [-0.39, 0.29) is 5.56 Å². The summed E-state index contributed by atoms with van der Waals surface area (Å²) in [6.45, 7) is 0. The Kier molecular flexibility index (Phi) is 2.84. The van der Waals surface area contributed by atoms with Gasteiger partial charge in [0.2, 0.25) is 0 Å². The second-order valence-electron chi connectivity index (χ2n) is 4.11. The molecular formula is C12H11ClN2OS. The van der Waals surface area contributed by atoms with Crippen molar-refractivity contribution >= 4 is 34.3 Å². The number of fused-ring (bicyclic) bond motifs is 1. The molecule has 17 heavy (non-hydrogen) atoms. The molecule has 88 valence electrons. The molecule has 5 heteroatoms. The summed E-state index contributed by atoms with van der Waals surface area (Å²) in [5.74, 6) is 1.94. The molecule has 1 saturated heterocycles. The van der Waals surface area contributed by atoms with Crippen LogP contribution < -0.4 is 5.56 Å². The molecule has 2 aromatic rings. The molecule has 1 aliphatic heterocycles. The molecule has 1 aromatic carbocycles. The van der Waals surface area contributed by atoms with Crippen molar-refractivity contribution in [3.05, 3.63) is 39.4 Å². The summed E-state index contributed by atoms with van der Waals surface area (Å²) in [6.07, 6.45) is 2.28. The van der Waals surface area contributed by atoms with Crippen molar-refractivity contribution in [1.29, 1.82) is 0 Å². The number of rotatable bonds is 1. The minimum Gasteiger partial charge on any atom is -0.309 e. The van der Waals surface area contributed by atoms with Crippen LogP contribution >= 0.6 is 23.4 Å². The molecule has 1 atom stereocenters. The van der Waals surface area contributed by atoms with Crippen molar-refractivity contribution in [3.8, 4) is 0 Å². The van der Waals surface area contributed by atoms with E-state index in [0.29, 0.717) is 15.7 Å². The van der Waals surface area contributed by atoms with E-state index in [1.807, 2.05) is 11.8 Å². The van der Waals surface area contributed by atoms with Crippen LogP contribution in [-0.4, -0.2) is 15.7 Å². The molecule has 2 heterocycles. The van der Waals surface area contributed by atoms with E-state index < -0.39 is 0 Å². The number of hydrogen-bond acceptors (Lipinski definition) is 3. The predicted octanol–water partition coefficient (Wildman–Crippen LogP) is 3.14. The number of nitrogens with one attached hydrogen (secondary N) is 1. The molecule has 3 rings (SSSR count). The average molecular weight is 267 g/mol. The van der Waals surface area contributed by atoms with Crippen molar-refractivity contribution in [2.45, 2.75) is 18.1 Å². The van der Waals surface area contributed by atoms with E-state index in [4.69, 9.17) is 11.6 Å². The largest absolute Gasteiger partial charge is 0.309 e. The summed E-state index contributed by atoms with van der Waals surface area (Å²) < 4.78 is 0. The zero-order chi connectivity index (χ0) is 11.8. The molecule has 0 radical (unpaired) electrons. The van der Waals surface area contributed by atoms with E-state index in [9.17, 15) is 4.79 Å². The molecule has 0 amide bonds. The standard InChI is InChI=1S/C12H11ClN2OS/c13-7-3-4-9-8(6-7)12(16)15-11(14-9)10-2-1-5-17-10/h3-4,6,10H,1-2,5H2,(H,14,15,16). The van der Waals surface area contributed by atoms with Gasteiger partial charge in [-0.1, -0.05) is 11.6 Å². The molecule has 1 N–H and O–H groups in total. The summed E-state index contributed by atoms with van der Waals surface area (Å²) in [4.78, 5) is 19.3. The van der Waals surface area contributed by atoms with E-state index in [1.165, 1.54) is 6.42 Å². The molecule has 1 fully saturated rings. The van der Waals surface area contributed by atoms with Gasteiger partial charge >= 0.3 is 0 Å². The Labute approximate surface area is 108 Å². The van der Waals surface area contributed by atoms with Crippen molar-refractivity contribution in [3.63, 3.8) is 0 Å². The van der Waals surface area contributed by atoms with Gasteiger partial charge in [-0.15, -0.1) is 0 Å². The fourth-order valence-electron chi connectivity index (χ4n) is 2.07. The molecule has 1 aliphatic rings. The van der Waals surface area contributed by atoms with Crippen LogP contribution in [0.5, 0.6) is 0 Å². The summed E-state index contributed by atoms with van der Waals surface area (Å²) in [5.41, 5.74) is 0.626. The van der Waals surface area contributed by atoms with Crippen molar-refractivity contribution in [2.75, 3.05) is 5.75 Å². The predicted molar refractivity (Wildman–Crippen MR) is 71.8 cm³/mol. The second kappa shape index (κ2) is 4.35. The Balaban J connectivity index is 2.17. The quantitative estimate of drug-likeness (QED) is 0.862. The lowest BCUT2D eigenvalue weighted by Gasteiger charge is -2.08. The number of nitrogens with zero attached hydrogens (tertiary/aromatic N) is 1. The van der Waals surface area contributed by atoms with Gasteiger partial charge in [-0.3, -0.25) is 4.79 Å². The SMILES string of the molecule is O=c1[nH]c(C2CCCS2)nc2ccc(Cl)cc12. The molecular weight excluding hydrogens is 256 g/mol. The Morgan fingerprint density at radius 2 is 2.35 bits per heavy atom. The number of hydrogen-bond donors (Lipinski definition) is 1. The van der Waals surface area contributed by atoms with Gasteiger partial charge in [0.15, 0.2) is 0 Å². The number of aromatic amines is 1. The second-order valence-corrected chi connectivity index (χ2v) is 5.86. The first-order valence-corrected chi connectivity index (χ1v) is 6.98. The summed E-state index contributed by atoms with van der Waals surface area (Å²) in [7, 11) is 0. The number of thioether (sulfide) groups is 1. The molecule has 1 aromatic heterocycles. The normalized spacial score (nSPS) is 19.9. The van der Waals surface area contributed by atoms with Gasteiger partial charge in [0.1, 0.15) is 5.82 Å². The zero-order valence-electron chi connectivity index (χ0n) is 9.07. The zero-order valence-corrected chi connectivity index (χ0v) is 10.6. The maximum absolute atomic E-state index is 11.9. The van der Waals surface area contributed by atoms with Crippen LogP contribution in [0, 0.1) is 0 Å². The molecule has 3 nitrogen and oxygen atoms in total. The highest BCUT2D eigenvalue weighted by Crippen LogP contribution is 2.37. The van der Waals surface area contributed by atoms with Crippen LogP contribution in [0.1, 0.15) is 23.9 Å². The topological polar surface area (TPSA) is 45.8 Å². The Morgan fingerprint density at radius 3 is 3.12 bits per heavy atom. The van der Waals surface area contributed by atoms with Crippen LogP contribution in [0.15, 0.2) is 23.0 Å². The lowest BCUT2D eigenvalue weighted by molar-refractivity contribution is 0.778. The van der Waals surface area contributed by atoms with Gasteiger partial charge in [-0.25, -0.2) is 4.98 Å². The first-order chi connectivity index (χ1) is 8.24. The third-order valence-electron chi connectivity index (χ3n) is 2.92. The summed E-state index contributed by atoms with van der Waals surface area (Å²) in [6, 6.07) is 5.23. The van der Waals surface area contributed by atoms with E-state index in [0.717, 1.165) is 23.5 Å². The highest BCUT2D eigenvalue weighted by molar-refractivity contribution is 7.99. The minimum atomic E-state index is -0.0972. The smallest absolute Gasteiger partial charge is 0.258 e. The number of benzene rings is 1. The molecule has 0 saturated carbocycles. The first kappa shape index (κ1) is 11.1. The van der Waals surface area contributed by atoms with E-state index in [1.54, 1.807) is 18.2 Å². The number of aromatic nitrogens is 2. The minimum absolute atomic E-state index is 0.0972. The highest BCUT2D eigenvalue weighted by atomic mass is 35.5. The lowest BCUT2D eigenvalue weighted by Crippen LogP contribution is -2.12. The Hall–Kier alpha value is -1.00. The van der Waals surface area contributed by atoms with Crippen LogP contribution in [0.4, 0.5) is 0 Å². The van der Waals surface area contributed by atoms with Crippen molar-refractivity contribution in [2.24, 2.45) is 0 Å². The van der Waals surface area contributed by atoms with E-state index >= 15 is 0 Å². The molecule has 0 spiro atoms. The van der Waals surface area contributed by atoms with Crippen molar-refractivity contribution < 1.29 is 0 Å². The van der Waals surface area contributed by atoms with Crippen LogP contribution in [0.25, 0.3) is 10.9 Å². The van der Waals surface area contributed by atoms with Gasteiger partial charge in [-0.2, -0.15) is 11.8 Å². The van der Waals surface area contributed by atoms with Gasteiger partial charge in [-0.05, 0) is 36.8 Å². The fourth-order valence-corrected chi connectivity index (χ4v) is 3.47. The monoisotopic (exact) mass is 266 g/mol. The van der Waals surface area contributed by atoms with Crippen molar-refractivity contribution in [1.82, 2.24) is 9.97 Å². The summed E-state index contributed by atoms with van der Waals surface area (Å²) >= 11 is 7.73. The summed E-state index contributed by atoms with van der Waals surface area (Å²) in [5, 5.41) is 1.46. The molecule has 0 aliphatic carbocycles. The van der Waals surface area contributed by atoms with Crippen LogP contribution in [-0.2, 0) is 0 Å².